The number of hydrogen-bond donors (Lipinski definition) is 7. The van der Waals surface area contributed by atoms with Gasteiger partial charge >= 0.3 is 23.9 Å². The molecule has 0 bridgehead atoms. The van der Waals surface area contributed by atoms with Crippen molar-refractivity contribution in [3.63, 3.8) is 0 Å². The Bertz CT molecular complexity index is 1030. The molecule has 7 N–H and O–H groups in total. The molecule has 3 saturated heterocycles. The zero-order chi connectivity index (χ0) is 35.4. The summed E-state index contributed by atoms with van der Waals surface area (Å²) in [6.45, 7) is 5.07. The number of carboxylic acid groups (broad SMARTS) is 3. The second-order valence-electron chi connectivity index (χ2n) is 13.3. The molecule has 3 atom stereocenters. The Morgan fingerprint density at radius 1 is 0.633 bits per heavy atom. The molecule has 0 aromatic carbocycles. The lowest BCUT2D eigenvalue weighted by Gasteiger charge is -2.32. The number of thioether (sulfide) groups is 1. The molecule has 0 saturated carbocycles. The van der Waals surface area contributed by atoms with Crippen LogP contribution in [0.4, 0.5) is 4.79 Å². The van der Waals surface area contributed by atoms with Crippen LogP contribution in [0.5, 0.6) is 0 Å². The minimum atomic E-state index is -0.998. The first-order valence-electron chi connectivity index (χ1n) is 17.8. The number of carbonyl (C=O) groups is 5. The highest BCUT2D eigenvalue weighted by Gasteiger charge is 2.42. The first kappa shape index (κ1) is 40.7. The third kappa shape index (κ3) is 17.2. The van der Waals surface area contributed by atoms with E-state index < -0.39 is 17.9 Å². The molecule has 3 rings (SSSR count). The van der Waals surface area contributed by atoms with E-state index in [4.69, 9.17) is 0 Å². The third-order valence-electron chi connectivity index (χ3n) is 9.26. The molecule has 0 aromatic rings. The first-order valence-corrected chi connectivity index (χ1v) is 18.8. The minimum absolute atomic E-state index is 0.0244. The summed E-state index contributed by atoms with van der Waals surface area (Å²) in [6, 6.07) is 0.557. The van der Waals surface area contributed by atoms with E-state index in [1.54, 1.807) is 14.7 Å². The fourth-order valence-electron chi connectivity index (χ4n) is 6.54. The molecule has 280 valence electrons. The highest BCUT2D eigenvalue weighted by Crippen LogP contribution is 2.33. The molecular weight excluding hydrogens is 656 g/mol. The zero-order valence-corrected chi connectivity index (χ0v) is 29.6. The summed E-state index contributed by atoms with van der Waals surface area (Å²) in [7, 11) is 0. The second kappa shape index (κ2) is 22.9. The summed E-state index contributed by atoms with van der Waals surface area (Å²) >= 11 is 1.97. The molecule has 3 aliphatic heterocycles. The lowest BCUT2D eigenvalue weighted by atomic mass is 10.0. The van der Waals surface area contributed by atoms with Crippen molar-refractivity contribution < 1.29 is 39.3 Å². The van der Waals surface area contributed by atoms with Gasteiger partial charge in [-0.3, -0.25) is 38.8 Å². The van der Waals surface area contributed by atoms with Gasteiger partial charge < -0.3 is 36.6 Å². The number of aliphatic carboxylic acids is 3. The number of unbranched alkanes of at least 4 members (excludes halogenated alkanes) is 5. The monoisotopic (exact) mass is 714 g/mol. The lowest BCUT2D eigenvalue weighted by molar-refractivity contribution is -0.140. The molecular formula is C32H58N8O8S. The van der Waals surface area contributed by atoms with Crippen molar-refractivity contribution in [3.05, 3.63) is 0 Å². The lowest BCUT2D eigenvalue weighted by Crippen LogP contribution is -2.49. The van der Waals surface area contributed by atoms with Crippen LogP contribution in [-0.2, 0) is 19.2 Å². The zero-order valence-electron chi connectivity index (χ0n) is 28.8. The molecule has 3 aliphatic rings. The number of nitrogens with zero attached hydrogens (tertiary/aromatic N) is 4. The smallest absolute Gasteiger partial charge is 0.317 e. The predicted octanol–water partition coefficient (Wildman–Crippen LogP) is -0.546. The van der Waals surface area contributed by atoms with Crippen LogP contribution in [0, 0.1) is 0 Å². The molecule has 3 unspecified atom stereocenters. The molecule has 0 aromatic heterocycles. The number of carbonyl (C=O) groups excluding carboxylic acids is 2. The van der Waals surface area contributed by atoms with Crippen LogP contribution < -0.4 is 21.3 Å². The van der Waals surface area contributed by atoms with E-state index in [2.05, 4.69) is 21.3 Å². The van der Waals surface area contributed by atoms with Crippen LogP contribution >= 0.6 is 11.8 Å². The molecule has 0 spiro atoms. The van der Waals surface area contributed by atoms with Gasteiger partial charge in [0.15, 0.2) is 0 Å². The molecule has 49 heavy (non-hydrogen) atoms. The van der Waals surface area contributed by atoms with Crippen molar-refractivity contribution in [3.8, 4) is 0 Å². The van der Waals surface area contributed by atoms with Crippen molar-refractivity contribution in [2.24, 2.45) is 0 Å². The number of nitrogens with one attached hydrogen (secondary N) is 4. The fourth-order valence-corrected chi connectivity index (χ4v) is 8.08. The second-order valence-corrected chi connectivity index (χ2v) is 14.5. The maximum Gasteiger partial charge on any atom is 0.317 e. The quantitative estimate of drug-likeness (QED) is 0.0589. The van der Waals surface area contributed by atoms with Crippen LogP contribution in [-0.4, -0.2) is 186 Å². The number of rotatable bonds is 21. The maximum atomic E-state index is 12.8. The average Bonchev–Trinajstić information content (AvgIpc) is 3.59. The molecule has 3 heterocycles. The van der Waals surface area contributed by atoms with Crippen LogP contribution in [0.1, 0.15) is 51.4 Å². The van der Waals surface area contributed by atoms with E-state index >= 15 is 0 Å². The van der Waals surface area contributed by atoms with E-state index in [0.717, 1.165) is 57.4 Å². The Morgan fingerprint density at radius 3 is 1.57 bits per heavy atom. The van der Waals surface area contributed by atoms with Gasteiger partial charge in [0.25, 0.3) is 0 Å². The third-order valence-corrected chi connectivity index (χ3v) is 10.8. The minimum Gasteiger partial charge on any atom is -0.480 e. The van der Waals surface area contributed by atoms with Gasteiger partial charge in [0.05, 0.1) is 38.3 Å². The van der Waals surface area contributed by atoms with Gasteiger partial charge in [-0.2, -0.15) is 11.8 Å². The van der Waals surface area contributed by atoms with Crippen LogP contribution in [0.2, 0.25) is 0 Å². The SMILES string of the molecule is O=C(O)CN1CCN(CC(=O)O)CCN(CC(=O)NCCCCCCNCCCCCC2SCC3NC(=O)NC32)CCN(CC(=O)O)CC1. The predicted molar refractivity (Wildman–Crippen MR) is 187 cm³/mol. The molecule has 3 amide bonds. The highest BCUT2D eigenvalue weighted by atomic mass is 32.2. The molecule has 17 heteroatoms. The number of fused-ring (bicyclic) bond motifs is 1. The summed E-state index contributed by atoms with van der Waals surface area (Å²) < 4.78 is 0. The normalized spacial score (nSPS) is 23.2. The Morgan fingerprint density at radius 2 is 1.08 bits per heavy atom. The largest absolute Gasteiger partial charge is 0.480 e. The van der Waals surface area contributed by atoms with E-state index in [1.807, 2.05) is 16.7 Å². The summed E-state index contributed by atoms with van der Waals surface area (Å²) in [5.74, 6) is -2.07. The number of urea groups is 1. The van der Waals surface area contributed by atoms with Crippen LogP contribution in [0.15, 0.2) is 0 Å². The van der Waals surface area contributed by atoms with Crippen LogP contribution in [0.25, 0.3) is 0 Å². The van der Waals surface area contributed by atoms with Crippen molar-refractivity contribution in [2.75, 3.05) is 104 Å². The summed E-state index contributed by atoms with van der Waals surface area (Å²) in [5, 5.41) is 41.2. The molecule has 0 radical (unpaired) electrons. The summed E-state index contributed by atoms with van der Waals surface area (Å²) in [6.07, 6.45) is 8.75. The van der Waals surface area contributed by atoms with Crippen molar-refractivity contribution in [2.45, 2.75) is 68.7 Å². The number of hydrogen-bond acceptors (Lipinski definition) is 11. The molecule has 3 fully saturated rings. The van der Waals surface area contributed by atoms with E-state index in [0.29, 0.717) is 70.2 Å². The Balaban J connectivity index is 1.27. The summed E-state index contributed by atoms with van der Waals surface area (Å²) in [5.41, 5.74) is 0. The van der Waals surface area contributed by atoms with E-state index in [1.165, 1.54) is 12.8 Å². The topological polar surface area (TPSA) is 207 Å². The Labute approximate surface area is 294 Å². The average molecular weight is 715 g/mol. The van der Waals surface area contributed by atoms with Gasteiger partial charge in [-0.05, 0) is 38.8 Å². The van der Waals surface area contributed by atoms with Crippen LogP contribution in [0.3, 0.4) is 0 Å². The van der Waals surface area contributed by atoms with Crippen molar-refractivity contribution in [1.29, 1.82) is 0 Å². The van der Waals surface area contributed by atoms with Gasteiger partial charge in [-0.15, -0.1) is 0 Å². The van der Waals surface area contributed by atoms with Crippen molar-refractivity contribution in [1.82, 2.24) is 40.9 Å². The number of carboxylic acids is 3. The first-order chi connectivity index (χ1) is 23.6. The molecule has 16 nitrogen and oxygen atoms in total. The maximum absolute atomic E-state index is 12.8. The number of amides is 3. The standard InChI is InChI=1S/C32H58N8O8S/c41-27(34-11-7-2-1-5-9-33-10-6-3-4-8-26-31-25(24-49-26)35-32(48)36-31)20-37-12-14-38(21-28(42)43)16-18-40(23-30(46)47)19-17-39(15-13-37)22-29(44)45/h25-26,31,33H,1-24H2,(H,34,41)(H,42,43)(H,44,45)(H,46,47)(H2,35,36,48). The van der Waals surface area contributed by atoms with Gasteiger partial charge in [-0.1, -0.05) is 25.7 Å². The van der Waals surface area contributed by atoms with Gasteiger partial charge in [0, 0.05) is 69.9 Å². The highest BCUT2D eigenvalue weighted by molar-refractivity contribution is 8.00. The Hall–Kier alpha value is -2.70. The summed E-state index contributed by atoms with van der Waals surface area (Å²) in [4.78, 5) is 65.7. The van der Waals surface area contributed by atoms with Gasteiger partial charge in [0.2, 0.25) is 5.91 Å². The van der Waals surface area contributed by atoms with Gasteiger partial charge in [-0.25, -0.2) is 4.79 Å². The van der Waals surface area contributed by atoms with E-state index in [9.17, 15) is 39.3 Å². The Kier molecular flexibility index (Phi) is 19.0. The van der Waals surface area contributed by atoms with Crippen molar-refractivity contribution >= 4 is 41.6 Å². The fraction of sp³-hybridized carbons (Fsp3) is 0.844. The molecule has 0 aliphatic carbocycles. The van der Waals surface area contributed by atoms with E-state index in [-0.39, 0.29) is 44.2 Å². The van der Waals surface area contributed by atoms with Gasteiger partial charge in [0.1, 0.15) is 0 Å².